The van der Waals surface area contributed by atoms with E-state index in [0.717, 1.165) is 15.9 Å². The van der Waals surface area contributed by atoms with Gasteiger partial charge in [-0.25, -0.2) is 4.98 Å². The lowest BCUT2D eigenvalue weighted by Gasteiger charge is -2.20. The number of hydrogen-bond donors (Lipinski definition) is 0. The molecular weight excluding hydrogens is 416 g/mol. The van der Waals surface area contributed by atoms with Gasteiger partial charge < -0.3 is 9.47 Å². The molecule has 134 valence electrons. The van der Waals surface area contributed by atoms with E-state index < -0.39 is 0 Å². The summed E-state index contributed by atoms with van der Waals surface area (Å²) in [6.45, 7) is 1.82. The van der Waals surface area contributed by atoms with E-state index in [1.807, 2.05) is 53.9 Å². The molecule has 0 aliphatic heterocycles. The number of para-hydroxylation sites is 3. The smallest absolute Gasteiger partial charge is 0.230 e. The van der Waals surface area contributed by atoms with Crippen LogP contribution in [0.25, 0.3) is 0 Å². The van der Waals surface area contributed by atoms with Crippen molar-refractivity contribution < 1.29 is 14.3 Å². The van der Waals surface area contributed by atoms with E-state index in [1.165, 1.54) is 18.3 Å². The maximum atomic E-state index is 12.2. The van der Waals surface area contributed by atoms with Gasteiger partial charge in [0.2, 0.25) is 5.91 Å². The minimum Gasteiger partial charge on any atom is -0.495 e. The number of benzene rings is 2. The van der Waals surface area contributed by atoms with Crippen molar-refractivity contribution in [1.29, 1.82) is 0 Å². The Balaban J connectivity index is 1.82. The largest absolute Gasteiger partial charge is 0.495 e. The van der Waals surface area contributed by atoms with Gasteiger partial charge in [-0.2, -0.15) is 0 Å². The van der Waals surface area contributed by atoms with Gasteiger partial charge in [0.25, 0.3) is 0 Å². The highest BCUT2D eigenvalue weighted by atomic mass is 79.9. The SMILES string of the molecule is COc1ccccc1N(C(C)=O)c1nc(COc2ccccc2Br)cs1. The summed E-state index contributed by atoms with van der Waals surface area (Å²) in [5.41, 5.74) is 1.41. The third-order valence-corrected chi connectivity index (χ3v) is 5.11. The van der Waals surface area contributed by atoms with Crippen LogP contribution >= 0.6 is 27.3 Å². The second-order valence-corrected chi connectivity index (χ2v) is 7.06. The molecule has 3 aromatic rings. The highest BCUT2D eigenvalue weighted by Gasteiger charge is 2.21. The van der Waals surface area contributed by atoms with Crippen molar-refractivity contribution in [2.75, 3.05) is 12.0 Å². The molecule has 3 rings (SSSR count). The first-order valence-corrected chi connectivity index (χ1v) is 9.53. The number of ether oxygens (including phenoxy) is 2. The van der Waals surface area contributed by atoms with Crippen molar-refractivity contribution >= 4 is 44.0 Å². The monoisotopic (exact) mass is 432 g/mol. The zero-order valence-corrected chi connectivity index (χ0v) is 16.7. The summed E-state index contributed by atoms with van der Waals surface area (Å²) in [4.78, 5) is 18.3. The van der Waals surface area contributed by atoms with Crippen LogP contribution in [0.3, 0.4) is 0 Å². The summed E-state index contributed by atoms with van der Waals surface area (Å²) < 4.78 is 12.1. The minimum atomic E-state index is -0.137. The van der Waals surface area contributed by atoms with E-state index in [9.17, 15) is 4.79 Å². The number of hydrogen-bond acceptors (Lipinski definition) is 5. The van der Waals surface area contributed by atoms with Crippen LogP contribution in [0.2, 0.25) is 0 Å². The molecule has 0 atom stereocenters. The highest BCUT2D eigenvalue weighted by molar-refractivity contribution is 9.10. The number of rotatable bonds is 6. The number of carbonyl (C=O) groups is 1. The van der Waals surface area contributed by atoms with Crippen LogP contribution < -0.4 is 14.4 Å². The molecular formula is C19H17BrN2O3S. The molecule has 0 aliphatic carbocycles. The Morgan fingerprint density at radius 1 is 1.15 bits per heavy atom. The van der Waals surface area contributed by atoms with Crippen LogP contribution in [0.5, 0.6) is 11.5 Å². The lowest BCUT2D eigenvalue weighted by Crippen LogP contribution is -2.23. The summed E-state index contributed by atoms with van der Waals surface area (Å²) in [5, 5.41) is 2.46. The first-order chi connectivity index (χ1) is 12.6. The molecule has 0 unspecified atom stereocenters. The maximum absolute atomic E-state index is 12.2. The van der Waals surface area contributed by atoms with E-state index >= 15 is 0 Å². The molecule has 0 saturated heterocycles. The molecule has 7 heteroatoms. The Kier molecular flexibility index (Phi) is 5.90. The van der Waals surface area contributed by atoms with Gasteiger partial charge in [-0.1, -0.05) is 24.3 Å². The van der Waals surface area contributed by atoms with E-state index in [-0.39, 0.29) is 5.91 Å². The number of anilines is 2. The Labute approximate surface area is 164 Å². The summed E-state index contributed by atoms with van der Waals surface area (Å²) in [6, 6.07) is 15.0. The predicted octanol–water partition coefficient (Wildman–Crippen LogP) is 5.18. The predicted molar refractivity (Wildman–Crippen MR) is 106 cm³/mol. The van der Waals surface area contributed by atoms with Gasteiger partial charge in [-0.3, -0.25) is 9.69 Å². The second kappa shape index (κ2) is 8.33. The Hall–Kier alpha value is -2.38. The van der Waals surface area contributed by atoms with Crippen molar-refractivity contribution in [3.63, 3.8) is 0 Å². The van der Waals surface area contributed by atoms with Gasteiger partial charge >= 0.3 is 0 Å². The maximum Gasteiger partial charge on any atom is 0.230 e. The van der Waals surface area contributed by atoms with Crippen molar-refractivity contribution in [3.8, 4) is 11.5 Å². The van der Waals surface area contributed by atoms with E-state index in [0.29, 0.717) is 23.2 Å². The number of nitrogens with zero attached hydrogens (tertiary/aromatic N) is 2. The van der Waals surface area contributed by atoms with Gasteiger partial charge in [-0.05, 0) is 40.2 Å². The first-order valence-electron chi connectivity index (χ1n) is 7.85. The number of halogens is 1. The number of amides is 1. The number of carbonyl (C=O) groups excluding carboxylic acids is 1. The Morgan fingerprint density at radius 2 is 1.85 bits per heavy atom. The van der Waals surface area contributed by atoms with Crippen molar-refractivity contribution in [2.24, 2.45) is 0 Å². The van der Waals surface area contributed by atoms with Crippen LogP contribution in [0, 0.1) is 0 Å². The van der Waals surface area contributed by atoms with Crippen molar-refractivity contribution in [2.45, 2.75) is 13.5 Å². The molecule has 26 heavy (non-hydrogen) atoms. The second-order valence-electron chi connectivity index (χ2n) is 5.37. The van der Waals surface area contributed by atoms with Gasteiger partial charge in [0, 0.05) is 12.3 Å². The number of thiazole rings is 1. The molecule has 0 saturated carbocycles. The quantitative estimate of drug-likeness (QED) is 0.538. The summed E-state index contributed by atoms with van der Waals surface area (Å²) >= 11 is 4.84. The number of aromatic nitrogens is 1. The third kappa shape index (κ3) is 4.05. The Bertz CT molecular complexity index is 913. The van der Waals surface area contributed by atoms with Gasteiger partial charge in [-0.15, -0.1) is 11.3 Å². The number of methoxy groups -OCH3 is 1. The molecule has 1 aromatic heterocycles. The average Bonchev–Trinajstić information content (AvgIpc) is 3.10. The topological polar surface area (TPSA) is 51.7 Å². The van der Waals surface area contributed by atoms with Gasteiger partial charge in [0.1, 0.15) is 18.1 Å². The van der Waals surface area contributed by atoms with E-state index in [1.54, 1.807) is 12.0 Å². The standard InChI is InChI=1S/C19H17BrN2O3S/c1-13(23)22(16-8-4-6-10-18(16)24-2)19-21-14(12-26-19)11-25-17-9-5-3-7-15(17)20/h3-10,12H,11H2,1-2H3. The lowest BCUT2D eigenvalue weighted by atomic mass is 10.2. The van der Waals surface area contributed by atoms with Crippen LogP contribution in [-0.4, -0.2) is 18.0 Å². The average molecular weight is 433 g/mol. The minimum absolute atomic E-state index is 0.137. The molecule has 0 radical (unpaired) electrons. The lowest BCUT2D eigenvalue weighted by molar-refractivity contribution is -0.115. The summed E-state index contributed by atoms with van der Waals surface area (Å²) in [6.07, 6.45) is 0. The third-order valence-electron chi connectivity index (χ3n) is 3.58. The van der Waals surface area contributed by atoms with Crippen LogP contribution in [0.15, 0.2) is 58.4 Å². The molecule has 1 heterocycles. The zero-order valence-electron chi connectivity index (χ0n) is 14.3. The molecule has 0 aliphatic rings. The summed E-state index contributed by atoms with van der Waals surface area (Å²) in [7, 11) is 1.58. The molecule has 0 spiro atoms. The van der Waals surface area contributed by atoms with E-state index in [4.69, 9.17) is 9.47 Å². The van der Waals surface area contributed by atoms with Crippen LogP contribution in [-0.2, 0) is 11.4 Å². The Morgan fingerprint density at radius 3 is 2.54 bits per heavy atom. The fourth-order valence-electron chi connectivity index (χ4n) is 2.40. The van der Waals surface area contributed by atoms with E-state index in [2.05, 4.69) is 20.9 Å². The molecule has 0 N–H and O–H groups in total. The van der Waals surface area contributed by atoms with Crippen molar-refractivity contribution in [3.05, 3.63) is 64.1 Å². The highest BCUT2D eigenvalue weighted by Crippen LogP contribution is 2.35. The van der Waals surface area contributed by atoms with Crippen LogP contribution in [0.1, 0.15) is 12.6 Å². The zero-order chi connectivity index (χ0) is 18.5. The molecule has 2 aromatic carbocycles. The summed E-state index contributed by atoms with van der Waals surface area (Å²) in [5.74, 6) is 1.22. The fraction of sp³-hybridized carbons (Fsp3) is 0.158. The fourth-order valence-corrected chi connectivity index (χ4v) is 3.66. The van der Waals surface area contributed by atoms with Crippen LogP contribution in [0.4, 0.5) is 10.8 Å². The molecule has 1 amide bonds. The van der Waals surface area contributed by atoms with Gasteiger partial charge in [0.05, 0.1) is 23.0 Å². The molecule has 0 bridgehead atoms. The first kappa shape index (κ1) is 18.4. The molecule has 0 fully saturated rings. The molecule has 5 nitrogen and oxygen atoms in total. The normalized spacial score (nSPS) is 10.4. The van der Waals surface area contributed by atoms with Crippen molar-refractivity contribution in [1.82, 2.24) is 4.98 Å². The van der Waals surface area contributed by atoms with Gasteiger partial charge in [0.15, 0.2) is 5.13 Å².